The highest BCUT2D eigenvalue weighted by molar-refractivity contribution is 7.89. The van der Waals surface area contributed by atoms with Gasteiger partial charge in [0.1, 0.15) is 5.54 Å². The highest BCUT2D eigenvalue weighted by Gasteiger charge is 2.52. The maximum atomic E-state index is 12.9. The number of hydrogen-bond donors (Lipinski definition) is 2. The van der Waals surface area contributed by atoms with E-state index in [1.165, 1.54) is 16.4 Å². The van der Waals surface area contributed by atoms with Gasteiger partial charge in [0.05, 0.1) is 4.90 Å². The SMILES string of the molecule is CCN1CCN(S(=O)(=O)c2ccc(NC(=O)CCN3C(=O)NC4(CCCC4)C3=O)cc2)CC1. The number of nitrogens with one attached hydrogen (secondary N) is 2. The maximum absolute atomic E-state index is 12.9. The van der Waals surface area contributed by atoms with Gasteiger partial charge < -0.3 is 15.5 Å². The molecule has 2 heterocycles. The van der Waals surface area contributed by atoms with E-state index in [9.17, 15) is 22.8 Å². The lowest BCUT2D eigenvalue weighted by molar-refractivity contribution is -0.131. The second-order valence-corrected chi connectivity index (χ2v) is 10.8. The Morgan fingerprint density at radius 3 is 2.30 bits per heavy atom. The van der Waals surface area contributed by atoms with Crippen LogP contribution < -0.4 is 10.6 Å². The fraction of sp³-hybridized carbons (Fsp3) is 0.591. The van der Waals surface area contributed by atoms with Crippen LogP contribution in [0.1, 0.15) is 39.0 Å². The van der Waals surface area contributed by atoms with Crippen LogP contribution in [0.15, 0.2) is 29.2 Å². The predicted octanol–water partition coefficient (Wildman–Crippen LogP) is 1.21. The third-order valence-corrected chi connectivity index (χ3v) is 8.73. The van der Waals surface area contributed by atoms with Crippen molar-refractivity contribution in [2.24, 2.45) is 0 Å². The van der Waals surface area contributed by atoms with Crippen LogP contribution in [-0.2, 0) is 19.6 Å². The lowest BCUT2D eigenvalue weighted by Crippen LogP contribution is -2.48. The number of amides is 4. The van der Waals surface area contributed by atoms with E-state index in [-0.39, 0.29) is 29.7 Å². The van der Waals surface area contributed by atoms with Crippen molar-refractivity contribution in [3.05, 3.63) is 24.3 Å². The molecular weight excluding hydrogens is 446 g/mol. The van der Waals surface area contributed by atoms with Gasteiger partial charge in [0.25, 0.3) is 5.91 Å². The summed E-state index contributed by atoms with van der Waals surface area (Å²) in [5, 5.41) is 5.50. The number of likely N-dealkylation sites (N-methyl/N-ethyl adjacent to an activating group) is 1. The van der Waals surface area contributed by atoms with Gasteiger partial charge in [-0.05, 0) is 43.7 Å². The van der Waals surface area contributed by atoms with Gasteiger partial charge in [0, 0.05) is 44.8 Å². The quantitative estimate of drug-likeness (QED) is 0.570. The van der Waals surface area contributed by atoms with Crippen LogP contribution in [0.3, 0.4) is 0 Å². The number of imide groups is 1. The number of carbonyl (C=O) groups excluding carboxylic acids is 3. The molecule has 0 radical (unpaired) electrons. The van der Waals surface area contributed by atoms with Crippen molar-refractivity contribution in [3.63, 3.8) is 0 Å². The lowest BCUT2D eigenvalue weighted by Gasteiger charge is -2.33. The fourth-order valence-corrected chi connectivity index (χ4v) is 6.20. The van der Waals surface area contributed by atoms with E-state index < -0.39 is 21.6 Å². The molecule has 1 spiro atoms. The molecule has 0 bridgehead atoms. The van der Waals surface area contributed by atoms with Gasteiger partial charge in [-0.2, -0.15) is 4.31 Å². The summed E-state index contributed by atoms with van der Waals surface area (Å²) in [7, 11) is -3.58. The summed E-state index contributed by atoms with van der Waals surface area (Å²) in [5.41, 5.74) is -0.322. The minimum absolute atomic E-state index is 0.00838. The third kappa shape index (κ3) is 4.75. The molecule has 2 aliphatic heterocycles. The van der Waals surface area contributed by atoms with E-state index >= 15 is 0 Å². The molecule has 3 fully saturated rings. The summed E-state index contributed by atoms with van der Waals surface area (Å²) in [6.07, 6.45) is 3.06. The first-order chi connectivity index (χ1) is 15.7. The highest BCUT2D eigenvalue weighted by Crippen LogP contribution is 2.35. The topological polar surface area (TPSA) is 119 Å². The smallest absolute Gasteiger partial charge is 0.325 e. The molecule has 0 unspecified atom stereocenters. The molecule has 4 rings (SSSR count). The molecule has 1 aromatic rings. The second kappa shape index (κ2) is 9.40. The summed E-state index contributed by atoms with van der Waals surface area (Å²) in [4.78, 5) is 40.8. The van der Waals surface area contributed by atoms with Crippen LogP contribution in [0.25, 0.3) is 0 Å². The molecule has 4 amide bonds. The largest absolute Gasteiger partial charge is 0.326 e. The number of nitrogens with zero attached hydrogens (tertiary/aromatic N) is 3. The third-order valence-electron chi connectivity index (χ3n) is 6.82. The highest BCUT2D eigenvalue weighted by atomic mass is 32.2. The predicted molar refractivity (Wildman–Crippen MR) is 122 cm³/mol. The van der Waals surface area contributed by atoms with E-state index in [1.54, 1.807) is 12.1 Å². The Morgan fingerprint density at radius 2 is 1.70 bits per heavy atom. The summed E-state index contributed by atoms with van der Waals surface area (Å²) in [6.45, 7) is 5.30. The van der Waals surface area contributed by atoms with Gasteiger partial charge in [-0.15, -0.1) is 0 Å². The Labute approximate surface area is 194 Å². The van der Waals surface area contributed by atoms with Gasteiger partial charge in [-0.3, -0.25) is 14.5 Å². The second-order valence-electron chi connectivity index (χ2n) is 8.84. The summed E-state index contributed by atoms with van der Waals surface area (Å²) in [6, 6.07) is 5.63. The summed E-state index contributed by atoms with van der Waals surface area (Å²) >= 11 is 0. The molecule has 1 saturated carbocycles. The van der Waals surface area contributed by atoms with Crippen LogP contribution in [0, 0.1) is 0 Å². The number of piperazine rings is 1. The maximum Gasteiger partial charge on any atom is 0.325 e. The van der Waals surface area contributed by atoms with E-state index in [0.717, 1.165) is 24.3 Å². The minimum atomic E-state index is -3.58. The van der Waals surface area contributed by atoms with Crippen molar-refractivity contribution in [1.82, 2.24) is 19.4 Å². The molecule has 1 aliphatic carbocycles. The van der Waals surface area contributed by atoms with E-state index in [2.05, 4.69) is 22.5 Å². The number of rotatable bonds is 7. The van der Waals surface area contributed by atoms with Crippen molar-refractivity contribution in [3.8, 4) is 0 Å². The number of sulfonamides is 1. The molecule has 33 heavy (non-hydrogen) atoms. The van der Waals surface area contributed by atoms with Crippen molar-refractivity contribution in [1.29, 1.82) is 0 Å². The molecule has 180 valence electrons. The number of hydrogen-bond acceptors (Lipinski definition) is 6. The van der Waals surface area contributed by atoms with E-state index in [4.69, 9.17) is 0 Å². The van der Waals surface area contributed by atoms with Crippen LogP contribution in [0.4, 0.5) is 10.5 Å². The molecule has 0 aromatic heterocycles. The Bertz CT molecular complexity index is 1010. The number of anilines is 1. The van der Waals surface area contributed by atoms with Crippen LogP contribution in [0.5, 0.6) is 0 Å². The van der Waals surface area contributed by atoms with Crippen molar-refractivity contribution in [2.45, 2.75) is 49.5 Å². The summed E-state index contributed by atoms with van der Waals surface area (Å²) < 4.78 is 27.2. The first-order valence-corrected chi connectivity index (χ1v) is 13.0. The molecule has 2 saturated heterocycles. The molecule has 0 atom stereocenters. The van der Waals surface area contributed by atoms with Gasteiger partial charge in [0.15, 0.2) is 0 Å². The Morgan fingerprint density at radius 1 is 1.06 bits per heavy atom. The molecule has 2 N–H and O–H groups in total. The summed E-state index contributed by atoms with van der Waals surface area (Å²) in [5.74, 6) is -0.596. The Balaban J connectivity index is 1.30. The van der Waals surface area contributed by atoms with Crippen molar-refractivity contribution < 1.29 is 22.8 Å². The standard InChI is InChI=1S/C22H31N5O5S/c1-2-25-13-15-26(16-14-25)33(31,32)18-7-5-17(6-8-18)23-19(28)9-12-27-20(29)22(24-21(27)30)10-3-4-11-22/h5-8H,2-4,9-16H2,1H3,(H,23,28)(H,24,30). The van der Waals surface area contributed by atoms with E-state index in [1.807, 2.05) is 0 Å². The molecule has 11 heteroatoms. The Hall–Kier alpha value is -2.50. The van der Waals surface area contributed by atoms with Gasteiger partial charge in [-0.1, -0.05) is 19.8 Å². The molecular formula is C22H31N5O5S. The van der Waals surface area contributed by atoms with Gasteiger partial charge in [-0.25, -0.2) is 13.2 Å². The molecule has 1 aromatic carbocycles. The average Bonchev–Trinajstić information content (AvgIpc) is 3.37. The number of carbonyl (C=O) groups is 3. The zero-order chi connectivity index (χ0) is 23.6. The van der Waals surface area contributed by atoms with Gasteiger partial charge in [0.2, 0.25) is 15.9 Å². The minimum Gasteiger partial charge on any atom is -0.326 e. The first kappa shape index (κ1) is 23.7. The van der Waals surface area contributed by atoms with Crippen LogP contribution >= 0.6 is 0 Å². The molecule has 10 nitrogen and oxygen atoms in total. The zero-order valence-electron chi connectivity index (χ0n) is 18.9. The van der Waals surface area contributed by atoms with E-state index in [0.29, 0.717) is 44.7 Å². The van der Waals surface area contributed by atoms with Crippen molar-refractivity contribution in [2.75, 3.05) is 44.6 Å². The average molecular weight is 478 g/mol. The zero-order valence-corrected chi connectivity index (χ0v) is 19.7. The first-order valence-electron chi connectivity index (χ1n) is 11.5. The van der Waals surface area contributed by atoms with Gasteiger partial charge >= 0.3 is 6.03 Å². The normalized spacial score (nSPS) is 21.5. The Kier molecular flexibility index (Phi) is 6.73. The lowest BCUT2D eigenvalue weighted by atomic mass is 9.98. The molecule has 3 aliphatic rings. The van der Waals surface area contributed by atoms with Crippen molar-refractivity contribution >= 4 is 33.6 Å². The van der Waals surface area contributed by atoms with Crippen LogP contribution in [-0.4, -0.2) is 85.2 Å². The number of urea groups is 1. The van der Waals surface area contributed by atoms with Crippen LogP contribution in [0.2, 0.25) is 0 Å². The monoisotopic (exact) mass is 477 g/mol. The number of benzene rings is 1. The fourth-order valence-electron chi connectivity index (χ4n) is 4.78.